The van der Waals surface area contributed by atoms with Crippen molar-refractivity contribution >= 4 is 41.1 Å². The Morgan fingerprint density at radius 3 is 2.79 bits per heavy atom. The van der Waals surface area contributed by atoms with Crippen LogP contribution in [-0.4, -0.2) is 35.7 Å². The Balaban J connectivity index is 2.61. The number of rotatable bonds is 6. The van der Waals surface area contributed by atoms with Crippen LogP contribution >= 0.6 is 23.4 Å². The van der Waals surface area contributed by atoms with E-state index in [0.29, 0.717) is 11.6 Å². The standard InChI is InChI=1S/C12H15ClN2O3S/c1-19-6-2-5-14-12(18)15-10-4-3-8(13)7-9(10)11(16)17/h3-4,7H,2,5-6H2,1H3,(H,16,17)(H2,14,15,18). The first-order valence-corrected chi connectivity index (χ1v) is 7.38. The number of carboxylic acids is 1. The number of thioether (sulfide) groups is 1. The molecule has 3 N–H and O–H groups in total. The Hall–Kier alpha value is -1.40. The summed E-state index contributed by atoms with van der Waals surface area (Å²) in [5.74, 6) is -0.179. The fraction of sp³-hybridized carbons (Fsp3) is 0.333. The van der Waals surface area contributed by atoms with Gasteiger partial charge in [-0.2, -0.15) is 11.8 Å². The van der Waals surface area contributed by atoms with Crippen LogP contribution in [0.25, 0.3) is 0 Å². The van der Waals surface area contributed by atoms with E-state index in [1.54, 1.807) is 11.8 Å². The molecular formula is C12H15ClN2O3S. The van der Waals surface area contributed by atoms with E-state index in [1.165, 1.54) is 18.2 Å². The Morgan fingerprint density at radius 2 is 2.16 bits per heavy atom. The minimum atomic E-state index is -1.14. The molecule has 0 radical (unpaired) electrons. The van der Waals surface area contributed by atoms with Crippen molar-refractivity contribution in [3.63, 3.8) is 0 Å². The van der Waals surface area contributed by atoms with E-state index >= 15 is 0 Å². The SMILES string of the molecule is CSCCCNC(=O)Nc1ccc(Cl)cc1C(=O)O. The lowest BCUT2D eigenvalue weighted by Crippen LogP contribution is -2.30. The fourth-order valence-electron chi connectivity index (χ4n) is 1.39. The van der Waals surface area contributed by atoms with Crippen LogP contribution in [0.4, 0.5) is 10.5 Å². The summed E-state index contributed by atoms with van der Waals surface area (Å²) in [6.45, 7) is 0.544. The summed E-state index contributed by atoms with van der Waals surface area (Å²) in [6.07, 6.45) is 2.86. The van der Waals surface area contributed by atoms with Crippen LogP contribution < -0.4 is 10.6 Å². The molecule has 0 unspecified atom stereocenters. The van der Waals surface area contributed by atoms with Crippen molar-refractivity contribution in [1.29, 1.82) is 0 Å². The normalized spacial score (nSPS) is 10.0. The molecule has 5 nitrogen and oxygen atoms in total. The number of halogens is 1. The van der Waals surface area contributed by atoms with Crippen molar-refractivity contribution in [1.82, 2.24) is 5.32 Å². The second kappa shape index (κ2) is 7.91. The van der Waals surface area contributed by atoms with Crippen molar-refractivity contribution in [2.24, 2.45) is 0 Å². The minimum Gasteiger partial charge on any atom is -0.478 e. The first-order chi connectivity index (χ1) is 9.04. The summed E-state index contributed by atoms with van der Waals surface area (Å²) >= 11 is 7.42. The van der Waals surface area contributed by atoms with Crippen LogP contribution in [0.5, 0.6) is 0 Å². The zero-order valence-electron chi connectivity index (χ0n) is 10.4. The topological polar surface area (TPSA) is 78.4 Å². The number of carbonyl (C=O) groups excluding carboxylic acids is 1. The summed E-state index contributed by atoms with van der Waals surface area (Å²) < 4.78 is 0. The third-order valence-electron chi connectivity index (χ3n) is 2.27. The lowest BCUT2D eigenvalue weighted by Gasteiger charge is -2.10. The molecule has 0 bridgehead atoms. The van der Waals surface area contributed by atoms with E-state index in [9.17, 15) is 9.59 Å². The third-order valence-corrected chi connectivity index (χ3v) is 3.20. The number of carbonyl (C=O) groups is 2. The van der Waals surface area contributed by atoms with Gasteiger partial charge in [-0.25, -0.2) is 9.59 Å². The number of amides is 2. The maximum absolute atomic E-state index is 11.6. The van der Waals surface area contributed by atoms with E-state index < -0.39 is 12.0 Å². The van der Waals surface area contributed by atoms with Crippen molar-refractivity contribution in [2.45, 2.75) is 6.42 Å². The average Bonchev–Trinajstić information content (AvgIpc) is 2.36. The lowest BCUT2D eigenvalue weighted by atomic mass is 10.2. The molecular weight excluding hydrogens is 288 g/mol. The Morgan fingerprint density at radius 1 is 1.42 bits per heavy atom. The van der Waals surface area contributed by atoms with Gasteiger partial charge in [0.15, 0.2) is 0 Å². The van der Waals surface area contributed by atoms with Gasteiger partial charge in [-0.05, 0) is 36.6 Å². The summed E-state index contributed by atoms with van der Waals surface area (Å²) in [5.41, 5.74) is 0.186. The van der Waals surface area contributed by atoms with E-state index in [0.717, 1.165) is 12.2 Å². The minimum absolute atomic E-state index is 0.0354. The molecule has 0 aliphatic heterocycles. The highest BCUT2D eigenvalue weighted by molar-refractivity contribution is 7.98. The predicted octanol–water partition coefficient (Wildman–Crippen LogP) is 2.91. The first kappa shape index (κ1) is 15.7. The molecule has 1 aromatic rings. The molecule has 0 saturated carbocycles. The molecule has 0 saturated heterocycles. The molecule has 19 heavy (non-hydrogen) atoms. The number of aromatic carboxylic acids is 1. The number of carboxylic acid groups (broad SMARTS) is 1. The van der Waals surface area contributed by atoms with Gasteiger partial charge in [0.25, 0.3) is 0 Å². The molecule has 0 atom stereocenters. The van der Waals surface area contributed by atoms with E-state index in [1.807, 2.05) is 6.26 Å². The first-order valence-electron chi connectivity index (χ1n) is 5.61. The molecule has 0 heterocycles. The van der Waals surface area contributed by atoms with Crippen LogP contribution in [0.3, 0.4) is 0 Å². The van der Waals surface area contributed by atoms with Crippen LogP contribution in [-0.2, 0) is 0 Å². The number of hydrogen-bond acceptors (Lipinski definition) is 3. The van der Waals surface area contributed by atoms with Crippen molar-refractivity contribution < 1.29 is 14.7 Å². The molecule has 2 amide bonds. The predicted molar refractivity (Wildman–Crippen MR) is 78.4 cm³/mol. The number of nitrogens with one attached hydrogen (secondary N) is 2. The highest BCUT2D eigenvalue weighted by Crippen LogP contribution is 2.20. The van der Waals surface area contributed by atoms with Gasteiger partial charge < -0.3 is 15.7 Å². The van der Waals surface area contributed by atoms with Gasteiger partial charge in [0, 0.05) is 11.6 Å². The Labute approximate surface area is 120 Å². The molecule has 0 aliphatic carbocycles. The van der Waals surface area contributed by atoms with Crippen LogP contribution in [0, 0.1) is 0 Å². The highest BCUT2D eigenvalue weighted by Gasteiger charge is 2.12. The summed E-state index contributed by atoms with van der Waals surface area (Å²) in [6, 6.07) is 3.86. The van der Waals surface area contributed by atoms with Gasteiger partial charge in [0.2, 0.25) is 0 Å². The van der Waals surface area contributed by atoms with E-state index in [4.69, 9.17) is 16.7 Å². The quantitative estimate of drug-likeness (QED) is 0.706. The molecule has 1 aromatic carbocycles. The molecule has 7 heteroatoms. The van der Waals surface area contributed by atoms with Gasteiger partial charge in [-0.3, -0.25) is 0 Å². The molecule has 0 aliphatic rings. The highest BCUT2D eigenvalue weighted by atomic mass is 35.5. The number of benzene rings is 1. The molecule has 104 valence electrons. The smallest absolute Gasteiger partial charge is 0.337 e. The van der Waals surface area contributed by atoms with Crippen molar-refractivity contribution in [2.75, 3.05) is 23.9 Å². The number of urea groups is 1. The average molecular weight is 303 g/mol. The maximum Gasteiger partial charge on any atom is 0.337 e. The van der Waals surface area contributed by atoms with Crippen LogP contribution in [0.1, 0.15) is 16.8 Å². The van der Waals surface area contributed by atoms with Gasteiger partial charge in [-0.15, -0.1) is 0 Å². The molecule has 0 spiro atoms. The van der Waals surface area contributed by atoms with E-state index in [-0.39, 0.29) is 11.3 Å². The molecule has 0 fully saturated rings. The van der Waals surface area contributed by atoms with Gasteiger partial charge >= 0.3 is 12.0 Å². The third kappa shape index (κ3) is 5.40. The van der Waals surface area contributed by atoms with Crippen molar-refractivity contribution in [3.05, 3.63) is 28.8 Å². The molecule has 1 rings (SSSR count). The second-order valence-electron chi connectivity index (χ2n) is 3.72. The van der Waals surface area contributed by atoms with E-state index in [2.05, 4.69) is 10.6 Å². The van der Waals surface area contributed by atoms with Crippen LogP contribution in [0.15, 0.2) is 18.2 Å². The second-order valence-corrected chi connectivity index (χ2v) is 5.14. The van der Waals surface area contributed by atoms with Gasteiger partial charge in [0.05, 0.1) is 11.3 Å². The largest absolute Gasteiger partial charge is 0.478 e. The Bertz CT molecular complexity index is 468. The zero-order valence-corrected chi connectivity index (χ0v) is 12.0. The van der Waals surface area contributed by atoms with Crippen molar-refractivity contribution in [3.8, 4) is 0 Å². The monoisotopic (exact) mass is 302 g/mol. The summed E-state index contributed by atoms with van der Waals surface area (Å²) in [4.78, 5) is 22.6. The Kier molecular flexibility index (Phi) is 6.52. The van der Waals surface area contributed by atoms with Gasteiger partial charge in [-0.1, -0.05) is 11.6 Å². The zero-order chi connectivity index (χ0) is 14.3. The lowest BCUT2D eigenvalue weighted by molar-refractivity contribution is 0.0698. The summed E-state index contributed by atoms with van der Waals surface area (Å²) in [7, 11) is 0. The molecule has 0 aromatic heterocycles. The summed E-state index contributed by atoms with van der Waals surface area (Å²) in [5, 5.41) is 14.5. The van der Waals surface area contributed by atoms with Gasteiger partial charge in [0.1, 0.15) is 0 Å². The fourth-order valence-corrected chi connectivity index (χ4v) is 1.99. The number of anilines is 1. The van der Waals surface area contributed by atoms with Crippen LogP contribution in [0.2, 0.25) is 5.02 Å². The maximum atomic E-state index is 11.6. The number of hydrogen-bond donors (Lipinski definition) is 3.